The van der Waals surface area contributed by atoms with Crippen LogP contribution in [0.3, 0.4) is 0 Å². The number of likely N-dealkylation sites (N-methyl/N-ethyl adjacent to an activating group) is 1. The van der Waals surface area contributed by atoms with E-state index in [1.54, 1.807) is 0 Å². The molecular formula is C26H36N2O6. The van der Waals surface area contributed by atoms with Crippen molar-refractivity contribution in [3.8, 4) is 11.1 Å². The average Bonchev–Trinajstić information content (AvgIpc) is 3.19. The number of nitrogens with one attached hydrogen (secondary N) is 2. The molecule has 0 saturated heterocycles. The maximum atomic E-state index is 12.1. The molecule has 8 nitrogen and oxygen atoms in total. The molecule has 3 rings (SSSR count). The van der Waals surface area contributed by atoms with Gasteiger partial charge in [0.15, 0.2) is 0 Å². The lowest BCUT2D eigenvalue weighted by molar-refractivity contribution is -0.00100. The molecule has 0 unspecified atom stereocenters. The van der Waals surface area contributed by atoms with Gasteiger partial charge in [0.05, 0.1) is 52.9 Å². The highest BCUT2D eigenvalue weighted by Gasteiger charge is 2.28. The first-order valence-electron chi connectivity index (χ1n) is 11.9. The maximum absolute atomic E-state index is 12.1. The number of hydrogen-bond acceptors (Lipinski definition) is 7. The molecule has 0 heterocycles. The minimum absolute atomic E-state index is 0.0569. The summed E-state index contributed by atoms with van der Waals surface area (Å²) in [5, 5.41) is 5.75. The second kappa shape index (κ2) is 15.4. The standard InChI is InChI=1S/C26H36N2O6/c1-27-10-12-30-14-16-32-18-19-33-17-15-31-13-11-28-26(29)34-20-25-23-8-4-2-6-21(23)22-7-3-5-9-24(22)25/h2-9,25,27H,10-20H2,1H3,(H,28,29). The number of carbonyl (C=O) groups excluding carboxylic acids is 1. The summed E-state index contributed by atoms with van der Waals surface area (Å²) in [4.78, 5) is 12.1. The van der Waals surface area contributed by atoms with Gasteiger partial charge in [-0.3, -0.25) is 0 Å². The van der Waals surface area contributed by atoms with E-state index in [9.17, 15) is 4.79 Å². The van der Waals surface area contributed by atoms with Gasteiger partial charge in [-0.2, -0.15) is 0 Å². The van der Waals surface area contributed by atoms with Crippen molar-refractivity contribution in [2.45, 2.75) is 5.92 Å². The Balaban J connectivity index is 1.18. The van der Waals surface area contributed by atoms with Gasteiger partial charge < -0.3 is 34.3 Å². The first-order chi connectivity index (χ1) is 16.8. The number of rotatable bonds is 17. The first kappa shape index (κ1) is 26.1. The third-order valence-electron chi connectivity index (χ3n) is 5.47. The Bertz CT molecular complexity index is 817. The number of alkyl carbamates (subject to hydrolysis) is 1. The summed E-state index contributed by atoms with van der Waals surface area (Å²) in [7, 11) is 1.89. The summed E-state index contributed by atoms with van der Waals surface area (Å²) in [6.45, 7) is 5.73. The van der Waals surface area contributed by atoms with Gasteiger partial charge in [-0.25, -0.2) is 4.79 Å². The van der Waals surface area contributed by atoms with Crippen LogP contribution in [0.1, 0.15) is 17.0 Å². The van der Waals surface area contributed by atoms with E-state index >= 15 is 0 Å². The Morgan fingerprint density at radius 1 is 0.706 bits per heavy atom. The largest absolute Gasteiger partial charge is 0.449 e. The fraction of sp³-hybridized carbons (Fsp3) is 0.500. The topological polar surface area (TPSA) is 87.3 Å². The van der Waals surface area contributed by atoms with Crippen LogP contribution in [0.2, 0.25) is 0 Å². The van der Waals surface area contributed by atoms with E-state index in [1.165, 1.54) is 22.3 Å². The summed E-state index contributed by atoms with van der Waals surface area (Å²) >= 11 is 0. The molecule has 0 fully saturated rings. The van der Waals surface area contributed by atoms with E-state index in [1.807, 2.05) is 31.3 Å². The number of ether oxygens (including phenoxy) is 5. The Kier molecular flexibility index (Phi) is 11.8. The van der Waals surface area contributed by atoms with Crippen molar-refractivity contribution in [3.63, 3.8) is 0 Å². The van der Waals surface area contributed by atoms with Gasteiger partial charge in [0, 0.05) is 19.0 Å². The van der Waals surface area contributed by atoms with Crippen molar-refractivity contribution in [2.24, 2.45) is 0 Å². The molecule has 0 atom stereocenters. The van der Waals surface area contributed by atoms with Gasteiger partial charge in [-0.05, 0) is 29.3 Å². The van der Waals surface area contributed by atoms with Crippen molar-refractivity contribution in [1.29, 1.82) is 0 Å². The molecular weight excluding hydrogens is 436 g/mol. The monoisotopic (exact) mass is 472 g/mol. The van der Waals surface area contributed by atoms with Gasteiger partial charge in [0.25, 0.3) is 0 Å². The number of benzene rings is 2. The van der Waals surface area contributed by atoms with Crippen LogP contribution in [0.4, 0.5) is 4.79 Å². The predicted octanol–water partition coefficient (Wildman–Crippen LogP) is 2.81. The molecule has 0 bridgehead atoms. The Hall–Kier alpha value is -2.49. The molecule has 2 N–H and O–H groups in total. The zero-order valence-corrected chi connectivity index (χ0v) is 19.9. The molecule has 2 aromatic rings. The summed E-state index contributed by atoms with van der Waals surface area (Å²) in [6, 6.07) is 16.6. The van der Waals surface area contributed by atoms with Crippen LogP contribution >= 0.6 is 0 Å². The molecule has 0 aliphatic heterocycles. The molecule has 0 spiro atoms. The van der Waals surface area contributed by atoms with E-state index in [0.717, 1.165) is 6.54 Å². The van der Waals surface area contributed by atoms with Crippen LogP contribution in [0.25, 0.3) is 11.1 Å². The molecule has 0 saturated carbocycles. The quantitative estimate of drug-likeness (QED) is 0.342. The molecule has 1 amide bonds. The fourth-order valence-electron chi connectivity index (χ4n) is 3.81. The molecule has 1 aliphatic carbocycles. The summed E-state index contributed by atoms with van der Waals surface area (Å²) < 4.78 is 27.2. The molecule has 0 radical (unpaired) electrons. The van der Waals surface area contributed by atoms with Crippen molar-refractivity contribution in [1.82, 2.24) is 10.6 Å². The normalized spacial score (nSPS) is 12.4. The summed E-state index contributed by atoms with van der Waals surface area (Å²) in [5.41, 5.74) is 4.82. The molecule has 34 heavy (non-hydrogen) atoms. The van der Waals surface area contributed by atoms with Crippen LogP contribution in [-0.4, -0.2) is 85.7 Å². The zero-order valence-electron chi connectivity index (χ0n) is 19.9. The number of carbonyl (C=O) groups is 1. The van der Waals surface area contributed by atoms with E-state index in [2.05, 4.69) is 34.9 Å². The Morgan fingerprint density at radius 2 is 1.18 bits per heavy atom. The van der Waals surface area contributed by atoms with Crippen LogP contribution in [0.15, 0.2) is 48.5 Å². The average molecular weight is 473 g/mol. The number of hydrogen-bond donors (Lipinski definition) is 2. The second-order valence-electron chi connectivity index (χ2n) is 7.81. The van der Waals surface area contributed by atoms with Crippen molar-refractivity contribution >= 4 is 6.09 Å². The van der Waals surface area contributed by atoms with Gasteiger partial charge in [0.1, 0.15) is 6.61 Å². The highest BCUT2D eigenvalue weighted by molar-refractivity contribution is 5.79. The van der Waals surface area contributed by atoms with Gasteiger partial charge in [-0.1, -0.05) is 48.5 Å². The molecule has 0 aromatic heterocycles. The van der Waals surface area contributed by atoms with Crippen LogP contribution < -0.4 is 10.6 Å². The third kappa shape index (κ3) is 8.38. The van der Waals surface area contributed by atoms with E-state index in [-0.39, 0.29) is 5.92 Å². The molecule has 186 valence electrons. The Labute approximate surface area is 201 Å². The van der Waals surface area contributed by atoms with E-state index in [0.29, 0.717) is 66.0 Å². The van der Waals surface area contributed by atoms with Crippen molar-refractivity contribution in [3.05, 3.63) is 59.7 Å². The van der Waals surface area contributed by atoms with Gasteiger partial charge in [-0.15, -0.1) is 0 Å². The number of fused-ring (bicyclic) bond motifs is 3. The van der Waals surface area contributed by atoms with Gasteiger partial charge in [0.2, 0.25) is 0 Å². The summed E-state index contributed by atoms with van der Waals surface area (Å²) in [6.07, 6.45) is -0.436. The number of amides is 1. The molecule has 8 heteroatoms. The van der Waals surface area contributed by atoms with Gasteiger partial charge >= 0.3 is 6.09 Å². The second-order valence-corrected chi connectivity index (χ2v) is 7.81. The van der Waals surface area contributed by atoms with E-state index < -0.39 is 6.09 Å². The first-order valence-corrected chi connectivity index (χ1v) is 11.9. The zero-order chi connectivity index (χ0) is 23.8. The summed E-state index contributed by atoms with van der Waals surface area (Å²) in [5.74, 6) is 0.0569. The SMILES string of the molecule is CNCCOCCOCCOCCOCCNC(=O)OCC1c2ccccc2-c2ccccc21. The van der Waals surface area contributed by atoms with Crippen LogP contribution in [0.5, 0.6) is 0 Å². The van der Waals surface area contributed by atoms with E-state index in [4.69, 9.17) is 23.7 Å². The third-order valence-corrected chi connectivity index (χ3v) is 5.47. The molecule has 1 aliphatic rings. The maximum Gasteiger partial charge on any atom is 0.407 e. The highest BCUT2D eigenvalue weighted by Crippen LogP contribution is 2.44. The Morgan fingerprint density at radius 3 is 1.71 bits per heavy atom. The van der Waals surface area contributed by atoms with Crippen LogP contribution in [0, 0.1) is 0 Å². The highest BCUT2D eigenvalue weighted by atomic mass is 16.6. The minimum atomic E-state index is -0.436. The lowest BCUT2D eigenvalue weighted by Gasteiger charge is -2.14. The smallest absolute Gasteiger partial charge is 0.407 e. The van der Waals surface area contributed by atoms with Crippen molar-refractivity contribution < 1.29 is 28.5 Å². The lowest BCUT2D eigenvalue weighted by Crippen LogP contribution is -2.29. The molecule has 2 aromatic carbocycles. The van der Waals surface area contributed by atoms with Crippen molar-refractivity contribution in [2.75, 3.05) is 79.6 Å². The minimum Gasteiger partial charge on any atom is -0.449 e. The lowest BCUT2D eigenvalue weighted by atomic mass is 9.98. The fourth-order valence-corrected chi connectivity index (χ4v) is 3.81. The predicted molar refractivity (Wildman–Crippen MR) is 130 cm³/mol. The van der Waals surface area contributed by atoms with Crippen LogP contribution in [-0.2, 0) is 23.7 Å².